The average Bonchev–Trinajstić information content (AvgIpc) is 2.68. The van der Waals surface area contributed by atoms with Gasteiger partial charge in [0.1, 0.15) is 11.6 Å². The molecular weight excluding hydrogens is 341 g/mol. The number of amides is 1. The number of anilines is 2. The van der Waals surface area contributed by atoms with E-state index in [2.05, 4.69) is 16.4 Å². The van der Waals surface area contributed by atoms with E-state index in [1.807, 2.05) is 36.9 Å². The number of pyridine rings is 1. The number of aryl methyl sites for hydroxylation is 1. The lowest BCUT2D eigenvalue weighted by atomic mass is 10.2. The molecule has 3 rings (SSSR count). The first-order chi connectivity index (χ1) is 13.1. The number of benzene rings is 2. The summed E-state index contributed by atoms with van der Waals surface area (Å²) >= 11 is 0. The minimum Gasteiger partial charge on any atom is -0.348 e. The molecule has 138 valence electrons. The second-order valence-corrected chi connectivity index (χ2v) is 6.26. The van der Waals surface area contributed by atoms with Crippen molar-refractivity contribution >= 4 is 17.4 Å². The second-order valence-electron chi connectivity index (χ2n) is 6.26. The molecule has 0 atom stereocenters. The molecule has 0 saturated heterocycles. The molecule has 5 heteroatoms. The maximum atomic E-state index is 13.7. The van der Waals surface area contributed by atoms with E-state index in [4.69, 9.17) is 0 Å². The van der Waals surface area contributed by atoms with Gasteiger partial charge in [-0.1, -0.05) is 30.3 Å². The summed E-state index contributed by atoms with van der Waals surface area (Å²) in [5, 5.41) is 2.76. The Kier molecular flexibility index (Phi) is 5.81. The van der Waals surface area contributed by atoms with Crippen molar-refractivity contribution in [3.05, 3.63) is 89.4 Å². The zero-order chi connectivity index (χ0) is 19.2. The largest absolute Gasteiger partial charge is 0.348 e. The van der Waals surface area contributed by atoms with Crippen LogP contribution in [0.2, 0.25) is 0 Å². The van der Waals surface area contributed by atoms with Gasteiger partial charge in [0.2, 0.25) is 0 Å². The van der Waals surface area contributed by atoms with Crippen molar-refractivity contribution in [2.24, 2.45) is 0 Å². The molecule has 0 spiro atoms. The first kappa shape index (κ1) is 18.6. The lowest BCUT2D eigenvalue weighted by molar-refractivity contribution is 0.0950. The van der Waals surface area contributed by atoms with E-state index in [0.717, 1.165) is 17.8 Å². The minimum absolute atomic E-state index is 0.137. The highest BCUT2D eigenvalue weighted by Crippen LogP contribution is 2.24. The van der Waals surface area contributed by atoms with E-state index in [-0.39, 0.29) is 18.3 Å². The Bertz CT molecular complexity index is 942. The summed E-state index contributed by atoms with van der Waals surface area (Å²) in [4.78, 5) is 19.0. The van der Waals surface area contributed by atoms with Crippen LogP contribution in [-0.2, 0) is 6.54 Å². The third-order valence-corrected chi connectivity index (χ3v) is 4.31. The summed E-state index contributed by atoms with van der Waals surface area (Å²) < 4.78 is 13.7. The lowest BCUT2D eigenvalue weighted by Crippen LogP contribution is -2.24. The fourth-order valence-electron chi connectivity index (χ4n) is 2.90. The van der Waals surface area contributed by atoms with Crippen LogP contribution in [0.25, 0.3) is 0 Å². The number of carbonyl (C=O) groups is 1. The molecule has 1 N–H and O–H groups in total. The SMILES string of the molecule is CCN(c1cccc(C)c1)c1cc(C(=O)NCc2ccccc2F)ccn1. The van der Waals surface area contributed by atoms with Gasteiger partial charge in [-0.25, -0.2) is 9.37 Å². The summed E-state index contributed by atoms with van der Waals surface area (Å²) in [6.07, 6.45) is 1.62. The number of halogens is 1. The van der Waals surface area contributed by atoms with Crippen LogP contribution in [0, 0.1) is 12.7 Å². The molecule has 0 aliphatic carbocycles. The predicted octanol–water partition coefficient (Wildman–Crippen LogP) is 4.62. The first-order valence-electron chi connectivity index (χ1n) is 8.90. The van der Waals surface area contributed by atoms with Crippen LogP contribution in [0.1, 0.15) is 28.4 Å². The van der Waals surface area contributed by atoms with Gasteiger partial charge in [0.05, 0.1) is 0 Å². The quantitative estimate of drug-likeness (QED) is 0.695. The van der Waals surface area contributed by atoms with Crippen molar-refractivity contribution < 1.29 is 9.18 Å². The number of aromatic nitrogens is 1. The standard InChI is InChI=1S/C22H22FN3O/c1-3-26(19-9-6-7-16(2)13-19)21-14-17(11-12-24-21)22(27)25-15-18-8-4-5-10-20(18)23/h4-14H,3,15H2,1-2H3,(H,25,27). The van der Waals surface area contributed by atoms with Crippen molar-refractivity contribution in [3.63, 3.8) is 0 Å². The van der Waals surface area contributed by atoms with Crippen molar-refractivity contribution in [2.45, 2.75) is 20.4 Å². The summed E-state index contributed by atoms with van der Waals surface area (Å²) in [5.41, 5.74) is 3.12. The molecule has 0 unspecified atom stereocenters. The summed E-state index contributed by atoms with van der Waals surface area (Å²) in [6.45, 7) is 4.93. The van der Waals surface area contributed by atoms with Gasteiger partial charge in [0, 0.05) is 36.1 Å². The number of hydrogen-bond acceptors (Lipinski definition) is 3. The fraction of sp³-hybridized carbons (Fsp3) is 0.182. The van der Waals surface area contributed by atoms with E-state index in [0.29, 0.717) is 16.9 Å². The maximum Gasteiger partial charge on any atom is 0.251 e. The van der Waals surface area contributed by atoms with E-state index < -0.39 is 0 Å². The van der Waals surface area contributed by atoms with Crippen molar-refractivity contribution in [3.8, 4) is 0 Å². The van der Waals surface area contributed by atoms with Gasteiger partial charge in [-0.05, 0) is 49.7 Å². The molecular formula is C22H22FN3O. The Morgan fingerprint density at radius 1 is 1.11 bits per heavy atom. The number of nitrogens with one attached hydrogen (secondary N) is 1. The zero-order valence-electron chi connectivity index (χ0n) is 15.4. The Balaban J connectivity index is 1.78. The smallest absolute Gasteiger partial charge is 0.251 e. The zero-order valence-corrected chi connectivity index (χ0v) is 15.4. The Labute approximate surface area is 158 Å². The highest BCUT2D eigenvalue weighted by molar-refractivity contribution is 5.95. The molecule has 1 heterocycles. The van der Waals surface area contributed by atoms with Crippen LogP contribution in [0.15, 0.2) is 66.9 Å². The summed E-state index contributed by atoms with van der Waals surface area (Å²) in [6, 6.07) is 18.0. The fourth-order valence-corrected chi connectivity index (χ4v) is 2.90. The maximum absolute atomic E-state index is 13.7. The molecule has 4 nitrogen and oxygen atoms in total. The Hall–Kier alpha value is -3.21. The lowest BCUT2D eigenvalue weighted by Gasteiger charge is -2.23. The van der Waals surface area contributed by atoms with Crippen LogP contribution in [0.4, 0.5) is 15.9 Å². The molecule has 27 heavy (non-hydrogen) atoms. The van der Waals surface area contributed by atoms with E-state index in [1.54, 1.807) is 36.5 Å². The van der Waals surface area contributed by atoms with Gasteiger partial charge in [-0.2, -0.15) is 0 Å². The highest BCUT2D eigenvalue weighted by atomic mass is 19.1. The van der Waals surface area contributed by atoms with Gasteiger partial charge in [0.25, 0.3) is 5.91 Å². The summed E-state index contributed by atoms with van der Waals surface area (Å²) in [7, 11) is 0. The van der Waals surface area contributed by atoms with Crippen molar-refractivity contribution in [2.75, 3.05) is 11.4 Å². The monoisotopic (exact) mass is 363 g/mol. The molecule has 1 aromatic heterocycles. The van der Waals surface area contributed by atoms with Crippen LogP contribution >= 0.6 is 0 Å². The first-order valence-corrected chi connectivity index (χ1v) is 8.90. The Morgan fingerprint density at radius 3 is 2.67 bits per heavy atom. The predicted molar refractivity (Wildman–Crippen MR) is 106 cm³/mol. The average molecular weight is 363 g/mol. The molecule has 1 amide bonds. The van der Waals surface area contributed by atoms with E-state index in [1.165, 1.54) is 6.07 Å². The van der Waals surface area contributed by atoms with Gasteiger partial charge in [-0.15, -0.1) is 0 Å². The molecule has 0 saturated carbocycles. The topological polar surface area (TPSA) is 45.2 Å². The minimum atomic E-state index is -0.329. The van der Waals surface area contributed by atoms with Crippen molar-refractivity contribution in [1.82, 2.24) is 10.3 Å². The van der Waals surface area contributed by atoms with Gasteiger partial charge >= 0.3 is 0 Å². The molecule has 0 fully saturated rings. The molecule has 3 aromatic rings. The van der Waals surface area contributed by atoms with E-state index >= 15 is 0 Å². The summed E-state index contributed by atoms with van der Waals surface area (Å²) in [5.74, 6) is 0.105. The number of rotatable bonds is 6. The van der Waals surface area contributed by atoms with Crippen LogP contribution in [0.5, 0.6) is 0 Å². The molecule has 2 aromatic carbocycles. The van der Waals surface area contributed by atoms with Crippen molar-refractivity contribution in [1.29, 1.82) is 0 Å². The van der Waals surface area contributed by atoms with Gasteiger partial charge < -0.3 is 10.2 Å². The van der Waals surface area contributed by atoms with E-state index in [9.17, 15) is 9.18 Å². The molecule has 0 radical (unpaired) electrons. The second kappa shape index (κ2) is 8.45. The number of hydrogen-bond donors (Lipinski definition) is 1. The number of carbonyl (C=O) groups excluding carboxylic acids is 1. The highest BCUT2D eigenvalue weighted by Gasteiger charge is 2.13. The van der Waals surface area contributed by atoms with Crippen LogP contribution in [0.3, 0.4) is 0 Å². The number of nitrogens with zero attached hydrogens (tertiary/aromatic N) is 2. The van der Waals surface area contributed by atoms with Gasteiger partial charge in [0.15, 0.2) is 0 Å². The molecule has 0 bridgehead atoms. The Morgan fingerprint density at radius 2 is 1.93 bits per heavy atom. The normalized spacial score (nSPS) is 10.5. The van der Waals surface area contributed by atoms with Crippen LogP contribution < -0.4 is 10.2 Å². The third-order valence-electron chi connectivity index (χ3n) is 4.31. The van der Waals surface area contributed by atoms with Crippen LogP contribution in [-0.4, -0.2) is 17.4 Å². The third kappa shape index (κ3) is 4.50. The van der Waals surface area contributed by atoms with Gasteiger partial charge in [-0.3, -0.25) is 4.79 Å². The molecule has 0 aliphatic rings. The molecule has 0 aliphatic heterocycles.